The molecule has 2 heterocycles. The Morgan fingerprint density at radius 2 is 2.27 bits per heavy atom. The minimum atomic E-state index is -0.0718. The van der Waals surface area contributed by atoms with Crippen LogP contribution in [0, 0.1) is 0 Å². The molecule has 22 heavy (non-hydrogen) atoms. The van der Waals surface area contributed by atoms with Crippen LogP contribution in [0.4, 0.5) is 0 Å². The molecular weight excluding hydrogens is 282 g/mol. The van der Waals surface area contributed by atoms with E-state index in [-0.39, 0.29) is 11.9 Å². The largest absolute Gasteiger partial charge is 0.378 e. The Balaban J connectivity index is 1.71. The van der Waals surface area contributed by atoms with Crippen LogP contribution in [0.25, 0.3) is 0 Å². The van der Waals surface area contributed by atoms with E-state index < -0.39 is 0 Å². The molecule has 0 spiro atoms. The van der Waals surface area contributed by atoms with Crippen LogP contribution in [0.1, 0.15) is 27.8 Å². The lowest BCUT2D eigenvalue weighted by molar-refractivity contribution is -0.0158. The number of morpholine rings is 1. The fourth-order valence-corrected chi connectivity index (χ4v) is 2.59. The second-order valence-electron chi connectivity index (χ2n) is 5.21. The number of carbonyl (C=O) groups excluding carboxylic acids is 1. The van der Waals surface area contributed by atoms with E-state index in [0.29, 0.717) is 18.8 Å². The average Bonchev–Trinajstić information content (AvgIpc) is 3.10. The highest BCUT2D eigenvalue weighted by molar-refractivity contribution is 5.93. The lowest BCUT2D eigenvalue weighted by Crippen LogP contribution is -2.39. The Hall–Kier alpha value is -2.25. The SMILES string of the molecule is CNC(=O)c1ccc(CN2CCOCC2c2ncn[nH]2)cc1. The third-order valence-corrected chi connectivity index (χ3v) is 3.82. The second kappa shape index (κ2) is 6.67. The van der Waals surface area contributed by atoms with Crippen LogP contribution in [-0.2, 0) is 11.3 Å². The molecule has 116 valence electrons. The third kappa shape index (κ3) is 3.15. The second-order valence-corrected chi connectivity index (χ2v) is 5.21. The summed E-state index contributed by atoms with van der Waals surface area (Å²) in [7, 11) is 1.63. The molecule has 2 N–H and O–H groups in total. The summed E-state index contributed by atoms with van der Waals surface area (Å²) >= 11 is 0. The maximum Gasteiger partial charge on any atom is 0.251 e. The molecule has 1 aromatic carbocycles. The van der Waals surface area contributed by atoms with Gasteiger partial charge in [-0.05, 0) is 17.7 Å². The van der Waals surface area contributed by atoms with Crippen molar-refractivity contribution >= 4 is 5.91 Å². The van der Waals surface area contributed by atoms with E-state index in [4.69, 9.17) is 4.74 Å². The Morgan fingerprint density at radius 1 is 1.45 bits per heavy atom. The molecule has 1 saturated heterocycles. The lowest BCUT2D eigenvalue weighted by Gasteiger charge is -2.34. The molecular formula is C15H19N5O2. The molecule has 1 atom stereocenters. The van der Waals surface area contributed by atoms with Gasteiger partial charge >= 0.3 is 0 Å². The number of carbonyl (C=O) groups is 1. The van der Waals surface area contributed by atoms with E-state index in [1.165, 1.54) is 6.33 Å². The molecule has 0 radical (unpaired) electrons. The van der Waals surface area contributed by atoms with Crippen LogP contribution < -0.4 is 5.32 Å². The molecule has 3 rings (SSSR count). The third-order valence-electron chi connectivity index (χ3n) is 3.82. The van der Waals surface area contributed by atoms with Crippen LogP contribution in [0.5, 0.6) is 0 Å². The number of amides is 1. The summed E-state index contributed by atoms with van der Waals surface area (Å²) in [5.41, 5.74) is 1.82. The molecule has 1 amide bonds. The Labute approximate surface area is 128 Å². The van der Waals surface area contributed by atoms with E-state index in [1.807, 2.05) is 24.3 Å². The highest BCUT2D eigenvalue weighted by atomic mass is 16.5. The van der Waals surface area contributed by atoms with E-state index in [0.717, 1.165) is 24.5 Å². The summed E-state index contributed by atoms with van der Waals surface area (Å²) < 4.78 is 5.56. The molecule has 2 aromatic rings. The molecule has 1 aromatic heterocycles. The zero-order valence-electron chi connectivity index (χ0n) is 12.5. The normalized spacial score (nSPS) is 19.0. The number of benzene rings is 1. The predicted octanol–water partition coefficient (Wildman–Crippen LogP) is 0.738. The van der Waals surface area contributed by atoms with Crippen LogP contribution in [-0.4, -0.2) is 52.8 Å². The van der Waals surface area contributed by atoms with E-state index in [9.17, 15) is 4.79 Å². The summed E-state index contributed by atoms with van der Waals surface area (Å²) in [5.74, 6) is 0.749. The number of H-pyrrole nitrogens is 1. The van der Waals surface area contributed by atoms with Crippen LogP contribution >= 0.6 is 0 Å². The van der Waals surface area contributed by atoms with Crippen molar-refractivity contribution in [1.82, 2.24) is 25.4 Å². The van der Waals surface area contributed by atoms with E-state index in [2.05, 4.69) is 25.4 Å². The van der Waals surface area contributed by atoms with Gasteiger partial charge < -0.3 is 10.1 Å². The first-order valence-electron chi connectivity index (χ1n) is 7.26. The molecule has 1 unspecified atom stereocenters. The van der Waals surface area contributed by atoms with Crippen molar-refractivity contribution < 1.29 is 9.53 Å². The summed E-state index contributed by atoms with van der Waals surface area (Å²) in [6.45, 7) is 2.93. The highest BCUT2D eigenvalue weighted by Crippen LogP contribution is 2.23. The summed E-state index contributed by atoms with van der Waals surface area (Å²) in [6, 6.07) is 7.74. The van der Waals surface area contributed by atoms with Crippen molar-refractivity contribution in [2.24, 2.45) is 0 Å². The Morgan fingerprint density at radius 3 is 2.95 bits per heavy atom. The van der Waals surface area contributed by atoms with Crippen molar-refractivity contribution in [2.45, 2.75) is 12.6 Å². The fraction of sp³-hybridized carbons (Fsp3) is 0.400. The van der Waals surface area contributed by atoms with E-state index in [1.54, 1.807) is 7.05 Å². The predicted molar refractivity (Wildman–Crippen MR) is 80.2 cm³/mol. The van der Waals surface area contributed by atoms with Gasteiger partial charge in [-0.2, -0.15) is 5.10 Å². The van der Waals surface area contributed by atoms with Crippen molar-refractivity contribution in [3.63, 3.8) is 0 Å². The molecule has 7 nitrogen and oxygen atoms in total. The van der Waals surface area contributed by atoms with Crippen LogP contribution in [0.2, 0.25) is 0 Å². The monoisotopic (exact) mass is 301 g/mol. The number of ether oxygens (including phenoxy) is 1. The van der Waals surface area contributed by atoms with Gasteiger partial charge in [-0.25, -0.2) is 4.98 Å². The molecule has 7 heteroatoms. The number of hydrogen-bond acceptors (Lipinski definition) is 5. The molecule has 0 bridgehead atoms. The van der Waals surface area contributed by atoms with E-state index >= 15 is 0 Å². The molecule has 0 aliphatic carbocycles. The van der Waals surface area contributed by atoms with Crippen LogP contribution in [0.3, 0.4) is 0 Å². The zero-order chi connectivity index (χ0) is 15.4. The van der Waals surface area contributed by atoms with Gasteiger partial charge in [0.25, 0.3) is 5.91 Å². The Kier molecular flexibility index (Phi) is 4.45. The Bertz CT molecular complexity index is 611. The topological polar surface area (TPSA) is 83.1 Å². The highest BCUT2D eigenvalue weighted by Gasteiger charge is 2.26. The van der Waals surface area contributed by atoms with Gasteiger partial charge in [0, 0.05) is 25.7 Å². The number of aromatic amines is 1. The molecule has 0 saturated carbocycles. The van der Waals surface area contributed by atoms with Gasteiger partial charge in [-0.15, -0.1) is 0 Å². The first kappa shape index (κ1) is 14.7. The van der Waals surface area contributed by atoms with Gasteiger partial charge in [0.05, 0.1) is 19.3 Å². The summed E-state index contributed by atoms with van der Waals surface area (Å²) in [5, 5.41) is 9.46. The zero-order valence-corrected chi connectivity index (χ0v) is 12.5. The average molecular weight is 301 g/mol. The van der Waals surface area contributed by atoms with Gasteiger partial charge in [0.2, 0.25) is 0 Å². The number of nitrogens with zero attached hydrogens (tertiary/aromatic N) is 3. The number of nitrogens with one attached hydrogen (secondary N) is 2. The van der Waals surface area contributed by atoms with Gasteiger partial charge in [0.15, 0.2) is 0 Å². The smallest absolute Gasteiger partial charge is 0.251 e. The number of aromatic nitrogens is 3. The minimum absolute atomic E-state index is 0.0718. The summed E-state index contributed by atoms with van der Waals surface area (Å²) in [4.78, 5) is 18.1. The summed E-state index contributed by atoms with van der Waals surface area (Å²) in [6.07, 6.45) is 1.51. The number of rotatable bonds is 4. The molecule has 1 aliphatic heterocycles. The van der Waals surface area contributed by atoms with Gasteiger partial charge in [0.1, 0.15) is 12.2 Å². The van der Waals surface area contributed by atoms with Gasteiger partial charge in [-0.3, -0.25) is 14.8 Å². The fourth-order valence-electron chi connectivity index (χ4n) is 2.59. The lowest BCUT2D eigenvalue weighted by atomic mass is 10.1. The first-order chi connectivity index (χ1) is 10.8. The van der Waals surface area contributed by atoms with Gasteiger partial charge in [-0.1, -0.05) is 12.1 Å². The molecule has 1 aliphatic rings. The standard InChI is InChI=1S/C15H19N5O2/c1-16-15(21)12-4-2-11(3-5-12)8-20-6-7-22-9-13(20)14-17-10-18-19-14/h2-5,10,13H,6-9H2,1H3,(H,16,21)(H,17,18,19). The maximum absolute atomic E-state index is 11.6. The van der Waals surface area contributed by atoms with Crippen molar-refractivity contribution in [3.05, 3.63) is 47.5 Å². The minimum Gasteiger partial charge on any atom is -0.378 e. The number of hydrogen-bond donors (Lipinski definition) is 2. The first-order valence-corrected chi connectivity index (χ1v) is 7.26. The van der Waals surface area contributed by atoms with Crippen molar-refractivity contribution in [1.29, 1.82) is 0 Å². The van der Waals surface area contributed by atoms with Crippen LogP contribution in [0.15, 0.2) is 30.6 Å². The maximum atomic E-state index is 11.6. The molecule has 1 fully saturated rings. The van der Waals surface area contributed by atoms with Crippen molar-refractivity contribution in [2.75, 3.05) is 26.8 Å². The van der Waals surface area contributed by atoms with Crippen molar-refractivity contribution in [3.8, 4) is 0 Å². The quantitative estimate of drug-likeness (QED) is 0.870.